The second-order valence-electron chi connectivity index (χ2n) is 4.89. The Morgan fingerprint density at radius 2 is 2.19 bits per heavy atom. The van der Waals surface area contributed by atoms with E-state index < -0.39 is 5.97 Å². The fraction of sp³-hybridized carbons (Fsp3) is 0.357. The number of esters is 1. The molecular weight excluding hydrogens is 274 g/mol. The summed E-state index contributed by atoms with van der Waals surface area (Å²) in [6, 6.07) is 3.03. The van der Waals surface area contributed by atoms with Crippen LogP contribution >= 0.6 is 0 Å². The molecule has 0 atom stereocenters. The van der Waals surface area contributed by atoms with Crippen molar-refractivity contribution in [3.05, 3.63) is 23.9 Å². The van der Waals surface area contributed by atoms with Crippen LogP contribution in [-0.4, -0.2) is 40.3 Å². The van der Waals surface area contributed by atoms with E-state index in [1.807, 2.05) is 0 Å². The zero-order valence-electron chi connectivity index (χ0n) is 11.6. The molecule has 1 fully saturated rings. The number of methoxy groups -OCH3 is 1. The largest absolute Gasteiger partial charge is 0.504 e. The fourth-order valence-corrected chi connectivity index (χ4v) is 2.58. The second kappa shape index (κ2) is 5.08. The summed E-state index contributed by atoms with van der Waals surface area (Å²) in [5, 5.41) is 14.2. The molecule has 3 heterocycles. The summed E-state index contributed by atoms with van der Waals surface area (Å²) < 4.78 is 6.11. The van der Waals surface area contributed by atoms with Gasteiger partial charge in [0.2, 0.25) is 5.91 Å². The summed E-state index contributed by atoms with van der Waals surface area (Å²) in [7, 11) is 1.29. The molecule has 1 saturated heterocycles. The second-order valence-corrected chi connectivity index (χ2v) is 4.89. The Hall–Kier alpha value is -2.57. The molecule has 21 heavy (non-hydrogen) atoms. The van der Waals surface area contributed by atoms with Gasteiger partial charge in [0, 0.05) is 13.0 Å². The van der Waals surface area contributed by atoms with Crippen molar-refractivity contribution in [3.63, 3.8) is 0 Å². The fourth-order valence-electron chi connectivity index (χ4n) is 2.58. The highest BCUT2D eigenvalue weighted by molar-refractivity contribution is 5.99. The lowest BCUT2D eigenvalue weighted by atomic mass is 10.1. The summed E-state index contributed by atoms with van der Waals surface area (Å²) in [5.74, 6) is -0.310. The van der Waals surface area contributed by atoms with Gasteiger partial charge in [-0.05, 0) is 25.0 Å². The molecular formula is C14H15N3O4. The number of amides is 1. The van der Waals surface area contributed by atoms with Crippen LogP contribution < -0.4 is 4.90 Å². The van der Waals surface area contributed by atoms with E-state index in [1.54, 1.807) is 6.07 Å². The van der Waals surface area contributed by atoms with Gasteiger partial charge in [-0.2, -0.15) is 5.10 Å². The first-order valence-electron chi connectivity index (χ1n) is 6.72. The minimum Gasteiger partial charge on any atom is -0.504 e. The normalized spacial score (nSPS) is 15.5. The number of rotatable bonds is 2. The van der Waals surface area contributed by atoms with Gasteiger partial charge in [-0.25, -0.2) is 9.31 Å². The highest BCUT2D eigenvalue weighted by Crippen LogP contribution is 2.31. The summed E-state index contributed by atoms with van der Waals surface area (Å²) in [6.07, 6.45) is 3.53. The highest BCUT2D eigenvalue weighted by atomic mass is 16.5. The van der Waals surface area contributed by atoms with E-state index >= 15 is 0 Å². The lowest BCUT2D eigenvalue weighted by molar-refractivity contribution is -0.119. The number of ether oxygens (including phenoxy) is 1. The van der Waals surface area contributed by atoms with Gasteiger partial charge in [0.25, 0.3) is 0 Å². The summed E-state index contributed by atoms with van der Waals surface area (Å²) in [4.78, 5) is 25.3. The van der Waals surface area contributed by atoms with Crippen molar-refractivity contribution in [3.8, 4) is 5.75 Å². The van der Waals surface area contributed by atoms with Crippen LogP contribution in [0.2, 0.25) is 0 Å². The standard InChI is InChI=1S/C14H15N3O4/c1-21-14(20)9-8-15-17-10(9)5-6-11(18)13(17)16-7-3-2-4-12(16)19/h5-6,8,18H,2-4,7H2,1H3. The van der Waals surface area contributed by atoms with Crippen molar-refractivity contribution < 1.29 is 19.4 Å². The maximum atomic E-state index is 12.1. The molecule has 0 bridgehead atoms. The molecule has 0 radical (unpaired) electrons. The molecule has 0 unspecified atom stereocenters. The zero-order chi connectivity index (χ0) is 15.0. The first kappa shape index (κ1) is 13.4. The lowest BCUT2D eigenvalue weighted by Gasteiger charge is -2.27. The van der Waals surface area contributed by atoms with Gasteiger partial charge in [0.05, 0.1) is 18.8 Å². The molecule has 2 aromatic rings. The van der Waals surface area contributed by atoms with E-state index in [9.17, 15) is 14.7 Å². The number of hydrogen-bond acceptors (Lipinski definition) is 5. The molecule has 0 aliphatic carbocycles. The highest BCUT2D eigenvalue weighted by Gasteiger charge is 2.26. The Kier molecular flexibility index (Phi) is 3.25. The van der Waals surface area contributed by atoms with Crippen LogP contribution in [-0.2, 0) is 9.53 Å². The molecule has 7 heteroatoms. The van der Waals surface area contributed by atoms with Crippen molar-refractivity contribution in [2.45, 2.75) is 19.3 Å². The lowest BCUT2D eigenvalue weighted by Crippen LogP contribution is -2.36. The van der Waals surface area contributed by atoms with Gasteiger partial charge in [-0.1, -0.05) is 0 Å². The third-order valence-electron chi connectivity index (χ3n) is 3.62. The summed E-state index contributed by atoms with van der Waals surface area (Å²) in [5.41, 5.74) is 0.788. The number of aromatic nitrogens is 2. The van der Waals surface area contributed by atoms with Gasteiger partial charge in [0.15, 0.2) is 11.6 Å². The topological polar surface area (TPSA) is 84.1 Å². The predicted octanol–water partition coefficient (Wildman–Crippen LogP) is 1.34. The van der Waals surface area contributed by atoms with Crippen molar-refractivity contribution in [1.82, 2.24) is 9.61 Å². The van der Waals surface area contributed by atoms with Gasteiger partial charge in [-0.3, -0.25) is 9.69 Å². The van der Waals surface area contributed by atoms with E-state index in [4.69, 9.17) is 4.74 Å². The Labute approximate surface area is 120 Å². The Balaban J connectivity index is 2.17. The number of carbonyl (C=O) groups excluding carboxylic acids is 2. The van der Waals surface area contributed by atoms with Gasteiger partial charge < -0.3 is 9.84 Å². The van der Waals surface area contributed by atoms with Crippen LogP contribution in [0.3, 0.4) is 0 Å². The smallest absolute Gasteiger partial charge is 0.341 e. The van der Waals surface area contributed by atoms with Crippen LogP contribution in [0.25, 0.3) is 5.52 Å². The van der Waals surface area contributed by atoms with Crippen molar-refractivity contribution >= 4 is 23.2 Å². The minimum atomic E-state index is -0.508. The van der Waals surface area contributed by atoms with E-state index in [1.165, 1.54) is 28.8 Å². The average molecular weight is 289 g/mol. The molecule has 110 valence electrons. The van der Waals surface area contributed by atoms with Gasteiger partial charge in [0.1, 0.15) is 5.56 Å². The van der Waals surface area contributed by atoms with E-state index in [0.717, 1.165) is 12.8 Å². The minimum absolute atomic E-state index is 0.0442. The average Bonchev–Trinajstić information content (AvgIpc) is 2.91. The van der Waals surface area contributed by atoms with Crippen LogP contribution in [0, 0.1) is 0 Å². The summed E-state index contributed by atoms with van der Waals surface area (Å²) in [6.45, 7) is 0.527. The van der Waals surface area contributed by atoms with Crippen molar-refractivity contribution in [2.75, 3.05) is 18.6 Å². The Bertz CT molecular complexity index is 722. The molecule has 3 rings (SSSR count). The molecule has 1 aliphatic heterocycles. The van der Waals surface area contributed by atoms with E-state index in [2.05, 4.69) is 5.10 Å². The maximum Gasteiger partial charge on any atom is 0.341 e. The van der Waals surface area contributed by atoms with E-state index in [-0.39, 0.29) is 11.7 Å². The Morgan fingerprint density at radius 3 is 2.90 bits per heavy atom. The maximum absolute atomic E-state index is 12.1. The van der Waals surface area contributed by atoms with Crippen LogP contribution in [0.15, 0.2) is 18.3 Å². The van der Waals surface area contributed by atoms with Crippen LogP contribution in [0.4, 0.5) is 5.82 Å². The first-order chi connectivity index (χ1) is 10.1. The monoisotopic (exact) mass is 289 g/mol. The number of pyridine rings is 1. The quantitative estimate of drug-likeness (QED) is 0.843. The van der Waals surface area contributed by atoms with Crippen molar-refractivity contribution in [1.29, 1.82) is 0 Å². The molecule has 1 aliphatic rings. The van der Waals surface area contributed by atoms with Gasteiger partial charge >= 0.3 is 5.97 Å². The molecule has 1 N–H and O–H groups in total. The van der Waals surface area contributed by atoms with Crippen LogP contribution in [0.5, 0.6) is 5.75 Å². The zero-order valence-corrected chi connectivity index (χ0v) is 11.6. The Morgan fingerprint density at radius 1 is 1.38 bits per heavy atom. The third-order valence-corrected chi connectivity index (χ3v) is 3.62. The van der Waals surface area contributed by atoms with E-state index in [0.29, 0.717) is 29.9 Å². The number of piperidine rings is 1. The molecule has 7 nitrogen and oxygen atoms in total. The van der Waals surface area contributed by atoms with Gasteiger partial charge in [-0.15, -0.1) is 0 Å². The SMILES string of the molecule is COC(=O)c1cnn2c(N3CCCCC3=O)c(O)ccc12. The third kappa shape index (κ3) is 2.10. The number of anilines is 1. The number of fused-ring (bicyclic) bond motifs is 1. The number of nitrogens with zero attached hydrogens (tertiary/aromatic N) is 3. The first-order valence-corrected chi connectivity index (χ1v) is 6.72. The van der Waals surface area contributed by atoms with Crippen molar-refractivity contribution in [2.24, 2.45) is 0 Å². The molecule has 0 spiro atoms. The number of carbonyl (C=O) groups is 2. The number of aromatic hydroxyl groups is 1. The predicted molar refractivity (Wildman–Crippen MR) is 74.4 cm³/mol. The molecule has 2 aromatic heterocycles. The molecule has 0 aromatic carbocycles. The number of hydrogen-bond donors (Lipinski definition) is 1. The molecule has 0 saturated carbocycles. The van der Waals surface area contributed by atoms with Crippen LogP contribution in [0.1, 0.15) is 29.6 Å². The molecule has 1 amide bonds. The summed E-state index contributed by atoms with van der Waals surface area (Å²) >= 11 is 0.